The van der Waals surface area contributed by atoms with Gasteiger partial charge in [-0.15, -0.1) is 0 Å². The van der Waals surface area contributed by atoms with Crippen LogP contribution >= 0.6 is 15.9 Å². The van der Waals surface area contributed by atoms with Crippen LogP contribution in [0, 0.1) is 11.7 Å². The number of hydrogen-bond acceptors (Lipinski definition) is 1. The molecule has 0 aliphatic carbocycles. The van der Waals surface area contributed by atoms with E-state index >= 15 is 0 Å². The summed E-state index contributed by atoms with van der Waals surface area (Å²) in [4.78, 5) is 0. The summed E-state index contributed by atoms with van der Waals surface area (Å²) in [7, 11) is 0. The van der Waals surface area contributed by atoms with Gasteiger partial charge in [0.05, 0.1) is 5.69 Å². The summed E-state index contributed by atoms with van der Waals surface area (Å²) >= 11 is 3.24. The first kappa shape index (κ1) is 12.5. The molecule has 1 N–H and O–H groups in total. The number of hydrogen-bond donors (Lipinski definition) is 1. The summed E-state index contributed by atoms with van der Waals surface area (Å²) in [5, 5.41) is 3.23. The predicted molar refractivity (Wildman–Crippen MR) is 66.6 cm³/mol. The van der Waals surface area contributed by atoms with Crippen LogP contribution in [0.15, 0.2) is 22.7 Å². The molecule has 0 radical (unpaired) electrons. The average molecular weight is 274 g/mol. The third-order valence-electron chi connectivity index (χ3n) is 2.52. The molecule has 84 valence electrons. The number of nitrogens with one attached hydrogen (secondary N) is 1. The van der Waals surface area contributed by atoms with Crippen LogP contribution in [0.5, 0.6) is 0 Å². The molecule has 0 fully saturated rings. The maximum Gasteiger partial charge on any atom is 0.147 e. The van der Waals surface area contributed by atoms with Crippen LogP contribution in [0.2, 0.25) is 0 Å². The molecular formula is C12H17BrFN. The first-order chi connectivity index (χ1) is 7.04. The minimum absolute atomic E-state index is 0.205. The molecule has 0 saturated carbocycles. The number of benzene rings is 1. The fourth-order valence-corrected chi connectivity index (χ4v) is 1.88. The monoisotopic (exact) mass is 273 g/mol. The summed E-state index contributed by atoms with van der Waals surface area (Å²) in [6, 6.07) is 5.42. The SMILES string of the molecule is CCC(Nc1ccc(Br)cc1F)C(C)C. The van der Waals surface area contributed by atoms with Crippen LogP contribution in [-0.2, 0) is 0 Å². The average Bonchev–Trinajstić information content (AvgIpc) is 2.16. The van der Waals surface area contributed by atoms with Crippen molar-refractivity contribution in [2.24, 2.45) is 5.92 Å². The van der Waals surface area contributed by atoms with Crippen molar-refractivity contribution in [1.82, 2.24) is 0 Å². The molecule has 1 rings (SSSR count). The molecule has 0 spiro atoms. The van der Waals surface area contributed by atoms with Crippen molar-refractivity contribution in [3.05, 3.63) is 28.5 Å². The molecule has 15 heavy (non-hydrogen) atoms. The van der Waals surface area contributed by atoms with Crippen molar-refractivity contribution in [2.75, 3.05) is 5.32 Å². The lowest BCUT2D eigenvalue weighted by Crippen LogP contribution is -2.25. The molecule has 0 aliphatic heterocycles. The Labute approximate surface area is 99.2 Å². The fourth-order valence-electron chi connectivity index (χ4n) is 1.55. The van der Waals surface area contributed by atoms with Crippen LogP contribution in [0.25, 0.3) is 0 Å². The van der Waals surface area contributed by atoms with Gasteiger partial charge in [0.2, 0.25) is 0 Å². The smallest absolute Gasteiger partial charge is 0.147 e. The van der Waals surface area contributed by atoms with Crippen molar-refractivity contribution in [2.45, 2.75) is 33.2 Å². The van der Waals surface area contributed by atoms with Gasteiger partial charge in [-0.3, -0.25) is 0 Å². The molecule has 1 aromatic carbocycles. The first-order valence-electron chi connectivity index (χ1n) is 5.26. The fraction of sp³-hybridized carbons (Fsp3) is 0.500. The van der Waals surface area contributed by atoms with Crippen LogP contribution in [0.4, 0.5) is 10.1 Å². The Morgan fingerprint density at radius 1 is 1.40 bits per heavy atom. The molecule has 1 unspecified atom stereocenters. The Kier molecular flexibility index (Phi) is 4.58. The van der Waals surface area contributed by atoms with Crippen molar-refractivity contribution in [3.8, 4) is 0 Å². The molecule has 1 nitrogen and oxygen atoms in total. The van der Waals surface area contributed by atoms with Gasteiger partial charge in [-0.2, -0.15) is 0 Å². The van der Waals surface area contributed by atoms with Crippen LogP contribution in [0.3, 0.4) is 0 Å². The lowest BCUT2D eigenvalue weighted by molar-refractivity contribution is 0.507. The zero-order chi connectivity index (χ0) is 11.4. The van der Waals surface area contributed by atoms with E-state index in [0.717, 1.165) is 10.9 Å². The molecule has 0 aromatic heterocycles. The second-order valence-corrected chi connectivity index (χ2v) is 4.94. The highest BCUT2D eigenvalue weighted by Gasteiger charge is 2.12. The van der Waals surface area contributed by atoms with Gasteiger partial charge in [-0.05, 0) is 30.5 Å². The minimum Gasteiger partial charge on any atom is -0.380 e. The molecular weight excluding hydrogens is 257 g/mol. The van der Waals surface area contributed by atoms with Gasteiger partial charge in [0.25, 0.3) is 0 Å². The highest BCUT2D eigenvalue weighted by molar-refractivity contribution is 9.10. The van der Waals surface area contributed by atoms with E-state index in [1.165, 1.54) is 6.07 Å². The lowest BCUT2D eigenvalue weighted by Gasteiger charge is -2.22. The van der Waals surface area contributed by atoms with Crippen molar-refractivity contribution in [1.29, 1.82) is 0 Å². The van der Waals surface area contributed by atoms with E-state index in [4.69, 9.17) is 0 Å². The third kappa shape index (κ3) is 3.49. The molecule has 0 saturated heterocycles. The summed E-state index contributed by atoms with van der Waals surface area (Å²) in [5.74, 6) is 0.293. The van der Waals surface area contributed by atoms with Gasteiger partial charge < -0.3 is 5.32 Å². The quantitative estimate of drug-likeness (QED) is 0.856. The van der Waals surface area contributed by atoms with E-state index in [1.54, 1.807) is 6.07 Å². The Hall–Kier alpha value is -0.570. The molecule has 3 heteroatoms. The Morgan fingerprint density at radius 2 is 2.07 bits per heavy atom. The van der Waals surface area contributed by atoms with Crippen molar-refractivity contribution < 1.29 is 4.39 Å². The van der Waals surface area contributed by atoms with Crippen molar-refractivity contribution in [3.63, 3.8) is 0 Å². The highest BCUT2D eigenvalue weighted by Crippen LogP contribution is 2.22. The molecule has 0 bridgehead atoms. The van der Waals surface area contributed by atoms with Gasteiger partial charge in [0.1, 0.15) is 5.82 Å². The Balaban J connectivity index is 2.79. The lowest BCUT2D eigenvalue weighted by atomic mass is 10.0. The summed E-state index contributed by atoms with van der Waals surface area (Å²) in [6.07, 6.45) is 0.993. The summed E-state index contributed by atoms with van der Waals surface area (Å²) < 4.78 is 14.3. The van der Waals surface area contributed by atoms with Gasteiger partial charge in [0.15, 0.2) is 0 Å². The first-order valence-corrected chi connectivity index (χ1v) is 6.05. The molecule has 1 aromatic rings. The molecule has 0 heterocycles. The zero-order valence-electron chi connectivity index (χ0n) is 9.35. The summed E-state index contributed by atoms with van der Waals surface area (Å²) in [6.45, 7) is 6.38. The maximum absolute atomic E-state index is 13.5. The van der Waals surface area contributed by atoms with Gasteiger partial charge in [-0.25, -0.2) is 4.39 Å². The van der Waals surface area contributed by atoms with E-state index < -0.39 is 0 Å². The van der Waals surface area contributed by atoms with E-state index in [0.29, 0.717) is 17.6 Å². The predicted octanol–water partition coefficient (Wildman–Crippen LogP) is 4.43. The standard InChI is InChI=1S/C12H17BrFN/c1-4-11(8(2)3)15-12-6-5-9(13)7-10(12)14/h5-8,11,15H,4H2,1-3H3. The van der Waals surface area contributed by atoms with Crippen LogP contribution in [-0.4, -0.2) is 6.04 Å². The second-order valence-electron chi connectivity index (χ2n) is 4.03. The number of anilines is 1. The van der Waals surface area contributed by atoms with E-state index in [2.05, 4.69) is 42.0 Å². The highest BCUT2D eigenvalue weighted by atomic mass is 79.9. The maximum atomic E-state index is 13.5. The zero-order valence-corrected chi connectivity index (χ0v) is 10.9. The van der Waals surface area contributed by atoms with Gasteiger partial charge in [0, 0.05) is 10.5 Å². The third-order valence-corrected chi connectivity index (χ3v) is 3.01. The Bertz CT molecular complexity index is 325. The normalized spacial score (nSPS) is 12.9. The Morgan fingerprint density at radius 3 is 2.53 bits per heavy atom. The van der Waals surface area contributed by atoms with Crippen LogP contribution < -0.4 is 5.32 Å². The van der Waals surface area contributed by atoms with E-state index in [-0.39, 0.29) is 5.82 Å². The van der Waals surface area contributed by atoms with Gasteiger partial charge in [-0.1, -0.05) is 36.7 Å². The van der Waals surface area contributed by atoms with Crippen molar-refractivity contribution >= 4 is 21.6 Å². The number of rotatable bonds is 4. The largest absolute Gasteiger partial charge is 0.380 e. The topological polar surface area (TPSA) is 12.0 Å². The molecule has 0 aliphatic rings. The van der Waals surface area contributed by atoms with Gasteiger partial charge >= 0.3 is 0 Å². The second kappa shape index (κ2) is 5.50. The van der Waals surface area contributed by atoms with E-state index in [1.807, 2.05) is 6.07 Å². The molecule has 0 amide bonds. The molecule has 1 atom stereocenters. The van der Waals surface area contributed by atoms with Crippen LogP contribution in [0.1, 0.15) is 27.2 Å². The number of halogens is 2. The van der Waals surface area contributed by atoms with E-state index in [9.17, 15) is 4.39 Å². The summed E-state index contributed by atoms with van der Waals surface area (Å²) in [5.41, 5.74) is 0.582. The minimum atomic E-state index is -0.205.